The average molecular weight is 519 g/mol. The van der Waals surface area contributed by atoms with E-state index in [1.807, 2.05) is 18.2 Å². The molecule has 1 aliphatic carbocycles. The van der Waals surface area contributed by atoms with E-state index in [1.165, 1.54) is 0 Å². The summed E-state index contributed by atoms with van der Waals surface area (Å²) in [5.41, 5.74) is 2.29. The van der Waals surface area contributed by atoms with Gasteiger partial charge in [-0.15, -0.1) is 0 Å². The molecule has 1 aromatic heterocycles. The summed E-state index contributed by atoms with van der Waals surface area (Å²) in [6.45, 7) is 2.59. The van der Waals surface area contributed by atoms with Gasteiger partial charge in [-0.2, -0.15) is 5.10 Å². The Morgan fingerprint density at radius 1 is 1.03 bits per heavy atom. The van der Waals surface area contributed by atoms with Crippen LogP contribution in [-0.4, -0.2) is 41.0 Å². The molecule has 2 aromatic carbocycles. The number of ether oxygens (including phenoxy) is 3. The zero-order chi connectivity index (χ0) is 26.5. The zero-order valence-electron chi connectivity index (χ0n) is 21.1. The highest BCUT2D eigenvalue weighted by molar-refractivity contribution is 6.04. The summed E-state index contributed by atoms with van der Waals surface area (Å²) in [5.74, 6) is 0.223. The number of nitrogens with one attached hydrogen (secondary N) is 2. The molecule has 0 unspecified atom stereocenters. The topological polar surface area (TPSA) is 121 Å². The van der Waals surface area contributed by atoms with Gasteiger partial charge in [-0.25, -0.2) is 4.68 Å². The van der Waals surface area contributed by atoms with Crippen LogP contribution in [0.25, 0.3) is 5.69 Å². The Balaban J connectivity index is 1.29. The second-order valence-corrected chi connectivity index (χ2v) is 9.34. The van der Waals surface area contributed by atoms with Crippen LogP contribution in [0, 0.1) is 11.8 Å². The van der Waals surface area contributed by atoms with E-state index in [1.54, 1.807) is 48.3 Å². The van der Waals surface area contributed by atoms with Crippen LogP contribution in [0.5, 0.6) is 11.5 Å². The lowest BCUT2D eigenvalue weighted by Gasteiger charge is -2.26. The van der Waals surface area contributed by atoms with Crippen LogP contribution in [0.1, 0.15) is 48.5 Å². The van der Waals surface area contributed by atoms with Crippen LogP contribution in [0.4, 0.5) is 5.69 Å². The smallest absolute Gasteiger partial charge is 0.308 e. The third-order valence-electron chi connectivity index (χ3n) is 6.88. The summed E-state index contributed by atoms with van der Waals surface area (Å²) in [4.78, 5) is 38.5. The van der Waals surface area contributed by atoms with Crippen molar-refractivity contribution < 1.29 is 28.6 Å². The molecule has 198 valence electrons. The van der Waals surface area contributed by atoms with E-state index < -0.39 is 0 Å². The average Bonchev–Trinajstić information content (AvgIpc) is 3.64. The van der Waals surface area contributed by atoms with Crippen molar-refractivity contribution >= 4 is 23.5 Å². The predicted molar refractivity (Wildman–Crippen MR) is 138 cm³/mol. The second kappa shape index (κ2) is 11.4. The van der Waals surface area contributed by atoms with E-state index in [0.29, 0.717) is 60.7 Å². The maximum Gasteiger partial charge on any atom is 0.308 e. The first-order valence-corrected chi connectivity index (χ1v) is 12.8. The number of hydrogen-bond acceptors (Lipinski definition) is 7. The summed E-state index contributed by atoms with van der Waals surface area (Å²) in [6, 6.07) is 12.5. The van der Waals surface area contributed by atoms with E-state index in [-0.39, 0.29) is 43.0 Å². The molecule has 10 nitrogen and oxygen atoms in total. The molecule has 38 heavy (non-hydrogen) atoms. The number of carbonyl (C=O) groups excluding carboxylic acids is 3. The van der Waals surface area contributed by atoms with Crippen molar-refractivity contribution in [1.29, 1.82) is 0 Å². The van der Waals surface area contributed by atoms with E-state index in [0.717, 1.165) is 5.56 Å². The number of carbonyl (C=O) groups is 3. The second-order valence-electron chi connectivity index (χ2n) is 9.34. The molecule has 0 spiro atoms. The number of rotatable bonds is 8. The monoisotopic (exact) mass is 518 g/mol. The van der Waals surface area contributed by atoms with Crippen molar-refractivity contribution in [2.45, 2.75) is 39.2 Å². The summed E-state index contributed by atoms with van der Waals surface area (Å²) < 4.78 is 17.5. The number of hydrogen-bond donors (Lipinski definition) is 2. The van der Waals surface area contributed by atoms with E-state index in [2.05, 4.69) is 15.7 Å². The third-order valence-corrected chi connectivity index (χ3v) is 6.88. The van der Waals surface area contributed by atoms with Gasteiger partial charge in [-0.1, -0.05) is 6.07 Å². The molecule has 0 bridgehead atoms. The first-order chi connectivity index (χ1) is 18.5. The lowest BCUT2D eigenvalue weighted by atomic mass is 9.81. The Labute approximate surface area is 220 Å². The van der Waals surface area contributed by atoms with Crippen LogP contribution in [0.3, 0.4) is 0 Å². The number of esters is 1. The number of aromatic nitrogens is 2. The largest absolute Gasteiger partial charge is 0.466 e. The fourth-order valence-corrected chi connectivity index (χ4v) is 4.81. The van der Waals surface area contributed by atoms with E-state index in [4.69, 9.17) is 14.2 Å². The molecule has 1 aliphatic heterocycles. The van der Waals surface area contributed by atoms with Crippen LogP contribution in [-0.2, 0) is 20.9 Å². The van der Waals surface area contributed by atoms with Gasteiger partial charge in [0.2, 0.25) is 12.7 Å². The van der Waals surface area contributed by atoms with Gasteiger partial charge in [0, 0.05) is 24.9 Å². The first-order valence-electron chi connectivity index (χ1n) is 12.8. The minimum absolute atomic E-state index is 0.162. The molecule has 2 heterocycles. The van der Waals surface area contributed by atoms with Gasteiger partial charge in [0.15, 0.2) is 11.5 Å². The fourth-order valence-electron chi connectivity index (χ4n) is 4.81. The van der Waals surface area contributed by atoms with Crippen LogP contribution >= 0.6 is 0 Å². The highest BCUT2D eigenvalue weighted by Crippen LogP contribution is 2.33. The SMILES string of the molecule is CCOC(=O)C1CCC(C(=O)Nc2ccc(-n3cccn3)cc2C(=O)NCc2ccc3c(c2)OCO3)CC1. The maximum absolute atomic E-state index is 13.3. The Bertz CT molecular complexity index is 1310. The normalized spacial score (nSPS) is 18.0. The highest BCUT2D eigenvalue weighted by atomic mass is 16.7. The summed E-state index contributed by atoms with van der Waals surface area (Å²) in [5, 5.41) is 10.1. The maximum atomic E-state index is 13.3. The first kappa shape index (κ1) is 25.3. The number of amides is 2. The van der Waals surface area contributed by atoms with Gasteiger partial charge in [0.05, 0.1) is 29.5 Å². The van der Waals surface area contributed by atoms with Crippen molar-refractivity contribution in [2.24, 2.45) is 11.8 Å². The van der Waals surface area contributed by atoms with Crippen LogP contribution in [0.2, 0.25) is 0 Å². The molecule has 2 amide bonds. The fraction of sp³-hybridized carbons (Fsp3) is 0.357. The molecule has 0 saturated heterocycles. The standard InChI is InChI=1S/C28H30N4O6/c1-2-36-28(35)20-7-5-19(6-8-20)26(33)31-23-10-9-21(32-13-3-12-30-32)15-22(23)27(34)29-16-18-4-11-24-25(14-18)38-17-37-24/h3-4,9-15,19-20H,2,5-8,16-17H2,1H3,(H,29,34)(H,31,33). The lowest BCUT2D eigenvalue weighted by Crippen LogP contribution is -2.31. The molecule has 10 heteroatoms. The Morgan fingerprint density at radius 2 is 1.82 bits per heavy atom. The van der Waals surface area contributed by atoms with Crippen molar-refractivity contribution in [3.05, 3.63) is 66.0 Å². The van der Waals surface area contributed by atoms with Gasteiger partial charge in [-0.05, 0) is 74.6 Å². The summed E-state index contributed by atoms with van der Waals surface area (Å²) in [6.07, 6.45) is 5.83. The Hall–Kier alpha value is -4.34. The highest BCUT2D eigenvalue weighted by Gasteiger charge is 2.31. The molecular formula is C28H30N4O6. The molecule has 0 atom stereocenters. The van der Waals surface area contributed by atoms with Crippen molar-refractivity contribution in [2.75, 3.05) is 18.7 Å². The molecule has 3 aromatic rings. The van der Waals surface area contributed by atoms with Gasteiger partial charge in [0.1, 0.15) is 0 Å². The van der Waals surface area contributed by atoms with Crippen LogP contribution in [0.15, 0.2) is 54.9 Å². The minimum Gasteiger partial charge on any atom is -0.466 e. The Kier molecular flexibility index (Phi) is 7.57. The molecule has 5 rings (SSSR count). The van der Waals surface area contributed by atoms with Crippen molar-refractivity contribution in [1.82, 2.24) is 15.1 Å². The van der Waals surface area contributed by atoms with Gasteiger partial charge < -0.3 is 24.8 Å². The zero-order valence-corrected chi connectivity index (χ0v) is 21.1. The predicted octanol–water partition coefficient (Wildman–Crippen LogP) is 3.84. The van der Waals surface area contributed by atoms with Crippen molar-refractivity contribution in [3.8, 4) is 17.2 Å². The quantitative estimate of drug-likeness (QED) is 0.435. The number of benzene rings is 2. The van der Waals surface area contributed by atoms with Gasteiger partial charge in [-0.3, -0.25) is 14.4 Å². The number of fused-ring (bicyclic) bond motifs is 1. The van der Waals surface area contributed by atoms with Gasteiger partial charge >= 0.3 is 5.97 Å². The van der Waals surface area contributed by atoms with Crippen LogP contribution < -0.4 is 20.1 Å². The van der Waals surface area contributed by atoms with E-state index in [9.17, 15) is 14.4 Å². The summed E-state index contributed by atoms with van der Waals surface area (Å²) in [7, 11) is 0. The third kappa shape index (κ3) is 5.64. The molecule has 1 saturated carbocycles. The van der Waals surface area contributed by atoms with E-state index >= 15 is 0 Å². The molecule has 2 aliphatic rings. The molecular weight excluding hydrogens is 488 g/mol. The number of nitrogens with zero attached hydrogens (tertiary/aromatic N) is 2. The molecule has 0 radical (unpaired) electrons. The number of anilines is 1. The lowest BCUT2D eigenvalue weighted by molar-refractivity contribution is -0.150. The minimum atomic E-state index is -0.335. The molecule has 2 N–H and O–H groups in total. The summed E-state index contributed by atoms with van der Waals surface area (Å²) >= 11 is 0. The molecule has 1 fully saturated rings. The van der Waals surface area contributed by atoms with Gasteiger partial charge in [0.25, 0.3) is 5.91 Å². The Morgan fingerprint density at radius 3 is 2.58 bits per heavy atom. The van der Waals surface area contributed by atoms with Crippen molar-refractivity contribution in [3.63, 3.8) is 0 Å².